The predicted octanol–water partition coefficient (Wildman–Crippen LogP) is 2.87. The zero-order chi connectivity index (χ0) is 20.2. The first-order valence-corrected chi connectivity index (χ1v) is 10.5. The number of aliphatic hydroxyl groups excluding tert-OH is 1. The van der Waals surface area contributed by atoms with Crippen molar-refractivity contribution in [2.45, 2.75) is 45.4 Å². The maximum absolute atomic E-state index is 12.8. The van der Waals surface area contributed by atoms with E-state index in [1.165, 1.54) is 12.8 Å². The standard InChI is InChI=1S/C22H29N3O4/c1-2-28-22-15(6-5-11-26)16(14-9-10-14)12-19(29-22)21(27)23-13-20-24-17-7-3-4-8-18(17)25-20/h3-4,7-8,12,14-16,22,26H,2,5-6,9-11,13H2,1H3,(H,23,27)(H,24,25)/t15-,16+,22+/m0/s1. The van der Waals surface area contributed by atoms with Gasteiger partial charge in [0.25, 0.3) is 5.91 Å². The monoisotopic (exact) mass is 399 g/mol. The zero-order valence-corrected chi connectivity index (χ0v) is 16.8. The van der Waals surface area contributed by atoms with Crippen molar-refractivity contribution in [1.82, 2.24) is 15.3 Å². The van der Waals surface area contributed by atoms with E-state index in [2.05, 4.69) is 15.3 Å². The van der Waals surface area contributed by atoms with Gasteiger partial charge in [-0.1, -0.05) is 12.1 Å². The molecule has 0 saturated heterocycles. The molecule has 7 heteroatoms. The third-order valence-corrected chi connectivity index (χ3v) is 5.70. The Morgan fingerprint density at radius 1 is 1.38 bits per heavy atom. The molecule has 3 atom stereocenters. The summed E-state index contributed by atoms with van der Waals surface area (Å²) < 4.78 is 11.8. The normalized spacial score (nSPS) is 24.2. The van der Waals surface area contributed by atoms with E-state index in [1.54, 1.807) is 0 Å². The van der Waals surface area contributed by atoms with Crippen molar-refractivity contribution in [2.24, 2.45) is 17.8 Å². The summed E-state index contributed by atoms with van der Waals surface area (Å²) in [4.78, 5) is 20.5. The Balaban J connectivity index is 1.45. The van der Waals surface area contributed by atoms with Crippen LogP contribution in [0, 0.1) is 17.8 Å². The van der Waals surface area contributed by atoms with Gasteiger partial charge in [-0.05, 0) is 62.7 Å². The first-order valence-electron chi connectivity index (χ1n) is 10.5. The number of rotatable bonds is 9. The number of carbonyl (C=O) groups is 1. The van der Waals surface area contributed by atoms with Gasteiger partial charge in [0, 0.05) is 19.1 Å². The highest BCUT2D eigenvalue weighted by molar-refractivity contribution is 5.91. The van der Waals surface area contributed by atoms with E-state index in [-0.39, 0.29) is 24.3 Å². The minimum absolute atomic E-state index is 0.154. The summed E-state index contributed by atoms with van der Waals surface area (Å²) in [5, 5.41) is 12.2. The number of para-hydroxylation sites is 2. The van der Waals surface area contributed by atoms with Gasteiger partial charge in [0.1, 0.15) is 5.82 Å². The molecular weight excluding hydrogens is 370 g/mol. The smallest absolute Gasteiger partial charge is 0.286 e. The van der Waals surface area contributed by atoms with Crippen molar-refractivity contribution in [3.05, 3.63) is 41.9 Å². The second-order valence-electron chi connectivity index (χ2n) is 7.80. The van der Waals surface area contributed by atoms with Crippen molar-refractivity contribution < 1.29 is 19.4 Å². The first-order chi connectivity index (χ1) is 14.2. The van der Waals surface area contributed by atoms with Crippen LogP contribution in [0.3, 0.4) is 0 Å². The Labute approximate surface area is 170 Å². The van der Waals surface area contributed by atoms with Crippen molar-refractivity contribution in [3.63, 3.8) is 0 Å². The molecule has 1 amide bonds. The first kappa shape index (κ1) is 19.9. The fourth-order valence-corrected chi connectivity index (χ4v) is 4.15. The number of carbonyl (C=O) groups excluding carboxylic acids is 1. The number of allylic oxidation sites excluding steroid dienone is 1. The summed E-state index contributed by atoms with van der Waals surface area (Å²) >= 11 is 0. The number of nitrogens with one attached hydrogen (secondary N) is 2. The summed E-state index contributed by atoms with van der Waals surface area (Å²) in [5.41, 5.74) is 1.82. The summed E-state index contributed by atoms with van der Waals surface area (Å²) in [5.74, 6) is 1.78. The molecule has 2 aromatic rings. The van der Waals surface area contributed by atoms with Crippen LogP contribution >= 0.6 is 0 Å². The van der Waals surface area contributed by atoms with E-state index in [0.29, 0.717) is 37.1 Å². The number of ether oxygens (including phenoxy) is 2. The maximum atomic E-state index is 12.8. The summed E-state index contributed by atoms with van der Waals surface area (Å²) in [6, 6.07) is 7.78. The Hall–Kier alpha value is -2.38. The lowest BCUT2D eigenvalue weighted by atomic mass is 9.82. The Kier molecular flexibility index (Phi) is 6.16. The van der Waals surface area contributed by atoms with Crippen LogP contribution in [0.15, 0.2) is 36.1 Å². The number of aromatic nitrogens is 2. The molecule has 156 valence electrons. The largest absolute Gasteiger partial charge is 0.459 e. The average Bonchev–Trinajstić information content (AvgIpc) is 3.49. The van der Waals surface area contributed by atoms with E-state index in [4.69, 9.17) is 9.47 Å². The molecule has 1 aliphatic carbocycles. The van der Waals surface area contributed by atoms with Crippen LogP contribution in [0.1, 0.15) is 38.4 Å². The number of fused-ring (bicyclic) bond motifs is 1. The van der Waals surface area contributed by atoms with Gasteiger partial charge in [-0.2, -0.15) is 0 Å². The molecule has 2 aliphatic rings. The molecule has 2 heterocycles. The minimum atomic E-state index is -0.450. The number of nitrogens with zero attached hydrogens (tertiary/aromatic N) is 1. The lowest BCUT2D eigenvalue weighted by molar-refractivity contribution is -0.173. The Bertz CT molecular complexity index is 841. The number of aromatic amines is 1. The van der Waals surface area contributed by atoms with Gasteiger partial charge in [0.05, 0.1) is 17.6 Å². The van der Waals surface area contributed by atoms with Crippen LogP contribution in [0.2, 0.25) is 0 Å². The van der Waals surface area contributed by atoms with Crippen LogP contribution in [0.4, 0.5) is 0 Å². The molecule has 1 aromatic heterocycles. The molecular formula is C22H29N3O4. The molecule has 0 bridgehead atoms. The molecule has 1 fully saturated rings. The highest BCUT2D eigenvalue weighted by Gasteiger charge is 2.43. The number of H-pyrrole nitrogens is 1. The van der Waals surface area contributed by atoms with Crippen LogP contribution in [0.25, 0.3) is 11.0 Å². The topological polar surface area (TPSA) is 96.5 Å². The van der Waals surface area contributed by atoms with Gasteiger partial charge < -0.3 is 24.9 Å². The van der Waals surface area contributed by atoms with Gasteiger partial charge >= 0.3 is 0 Å². The van der Waals surface area contributed by atoms with Gasteiger partial charge in [-0.25, -0.2) is 4.98 Å². The minimum Gasteiger partial charge on any atom is -0.459 e. The molecule has 0 spiro atoms. The van der Waals surface area contributed by atoms with Gasteiger partial charge in [0.15, 0.2) is 5.76 Å². The molecule has 3 N–H and O–H groups in total. The van der Waals surface area contributed by atoms with E-state index < -0.39 is 6.29 Å². The molecule has 4 rings (SSSR count). The quantitative estimate of drug-likeness (QED) is 0.603. The molecule has 1 saturated carbocycles. The Morgan fingerprint density at radius 3 is 2.93 bits per heavy atom. The Morgan fingerprint density at radius 2 is 2.21 bits per heavy atom. The number of aliphatic hydroxyl groups is 1. The van der Waals surface area contributed by atoms with Crippen LogP contribution in [0.5, 0.6) is 0 Å². The van der Waals surface area contributed by atoms with Crippen molar-refractivity contribution in [3.8, 4) is 0 Å². The second kappa shape index (κ2) is 8.97. The molecule has 0 unspecified atom stereocenters. The van der Waals surface area contributed by atoms with Crippen molar-refractivity contribution in [1.29, 1.82) is 0 Å². The second-order valence-corrected chi connectivity index (χ2v) is 7.80. The molecule has 0 radical (unpaired) electrons. The van der Waals surface area contributed by atoms with Crippen molar-refractivity contribution >= 4 is 16.9 Å². The van der Waals surface area contributed by atoms with E-state index in [0.717, 1.165) is 17.5 Å². The molecule has 1 aliphatic heterocycles. The highest BCUT2D eigenvalue weighted by Crippen LogP contribution is 2.47. The SMILES string of the molecule is CCO[C@@H]1OC(C(=O)NCc2nc3ccccc3[nH]2)=C[C@H](C2CC2)[C@@H]1CCCO. The highest BCUT2D eigenvalue weighted by atomic mass is 16.7. The van der Waals surface area contributed by atoms with E-state index in [9.17, 15) is 9.90 Å². The van der Waals surface area contributed by atoms with Crippen LogP contribution in [-0.4, -0.2) is 40.5 Å². The summed E-state index contributed by atoms with van der Waals surface area (Å²) in [6.45, 7) is 2.90. The molecule has 1 aromatic carbocycles. The fraction of sp³-hybridized carbons (Fsp3) is 0.545. The average molecular weight is 399 g/mol. The van der Waals surface area contributed by atoms with Crippen LogP contribution in [-0.2, 0) is 20.8 Å². The zero-order valence-electron chi connectivity index (χ0n) is 16.8. The number of amides is 1. The van der Waals surface area contributed by atoms with E-state index >= 15 is 0 Å². The summed E-state index contributed by atoms with van der Waals surface area (Å²) in [7, 11) is 0. The molecule has 29 heavy (non-hydrogen) atoms. The third-order valence-electron chi connectivity index (χ3n) is 5.70. The van der Waals surface area contributed by atoms with E-state index in [1.807, 2.05) is 37.3 Å². The number of hydrogen-bond acceptors (Lipinski definition) is 5. The summed E-state index contributed by atoms with van der Waals surface area (Å²) in [6.07, 6.45) is 5.40. The lowest BCUT2D eigenvalue weighted by Gasteiger charge is -2.37. The van der Waals surface area contributed by atoms with Crippen LogP contribution < -0.4 is 5.32 Å². The number of hydrogen-bond donors (Lipinski definition) is 3. The van der Waals surface area contributed by atoms with Gasteiger partial charge in [0.2, 0.25) is 6.29 Å². The molecule has 7 nitrogen and oxygen atoms in total. The third kappa shape index (κ3) is 4.62. The number of imidazole rings is 1. The van der Waals surface area contributed by atoms with Crippen molar-refractivity contribution in [2.75, 3.05) is 13.2 Å². The number of benzene rings is 1. The lowest BCUT2D eigenvalue weighted by Crippen LogP contribution is -2.40. The van der Waals surface area contributed by atoms with Gasteiger partial charge in [-0.15, -0.1) is 0 Å². The maximum Gasteiger partial charge on any atom is 0.286 e. The predicted molar refractivity (Wildman–Crippen MR) is 109 cm³/mol. The van der Waals surface area contributed by atoms with Gasteiger partial charge in [-0.3, -0.25) is 4.79 Å². The fourth-order valence-electron chi connectivity index (χ4n) is 4.15.